The molecule has 2 amide bonds. The number of hydrazine groups is 1. The summed E-state index contributed by atoms with van der Waals surface area (Å²) in [5.41, 5.74) is 5.56. The van der Waals surface area contributed by atoms with Crippen LogP contribution in [0, 0.1) is 4.64 Å². The molecule has 0 aliphatic rings. The largest absolute Gasteiger partial charge is 0.352 e. The number of rotatable bonds is 6. The molecule has 0 spiro atoms. The SMILES string of the molecule is O=C(NNC(=O)c1ccc[nH]c1=S)c1cccc(S(=O)(=O)NCc2ccccc2)c1. The molecule has 0 radical (unpaired) electrons. The molecule has 4 N–H and O–H groups in total. The van der Waals surface area contributed by atoms with Crippen molar-refractivity contribution >= 4 is 34.1 Å². The summed E-state index contributed by atoms with van der Waals surface area (Å²) >= 11 is 5.02. The van der Waals surface area contributed by atoms with Crippen molar-refractivity contribution in [2.75, 3.05) is 0 Å². The molecule has 3 aromatic rings. The maximum atomic E-state index is 12.5. The van der Waals surface area contributed by atoms with Crippen molar-refractivity contribution < 1.29 is 18.0 Å². The van der Waals surface area contributed by atoms with Crippen LogP contribution >= 0.6 is 12.2 Å². The van der Waals surface area contributed by atoms with E-state index in [9.17, 15) is 18.0 Å². The first kappa shape index (κ1) is 21.4. The number of benzene rings is 2. The number of carbonyl (C=O) groups excluding carboxylic acids is 2. The molecule has 0 unspecified atom stereocenters. The molecule has 8 nitrogen and oxygen atoms in total. The van der Waals surface area contributed by atoms with Gasteiger partial charge in [0, 0.05) is 18.3 Å². The second kappa shape index (κ2) is 9.44. The molecule has 1 aromatic heterocycles. The number of aromatic nitrogens is 1. The Labute approximate surface area is 178 Å². The zero-order valence-corrected chi connectivity index (χ0v) is 17.2. The molecule has 0 bridgehead atoms. The molecule has 2 aromatic carbocycles. The molecular formula is C20H18N4O4S2. The van der Waals surface area contributed by atoms with Gasteiger partial charge >= 0.3 is 0 Å². The minimum absolute atomic E-state index is 0.0658. The van der Waals surface area contributed by atoms with Gasteiger partial charge in [-0.1, -0.05) is 48.6 Å². The minimum Gasteiger partial charge on any atom is -0.352 e. The van der Waals surface area contributed by atoms with Crippen molar-refractivity contribution in [3.05, 3.63) is 94.3 Å². The second-order valence-electron chi connectivity index (χ2n) is 6.16. The Bertz CT molecular complexity index is 1220. The molecule has 1 heterocycles. The van der Waals surface area contributed by atoms with E-state index in [0.29, 0.717) is 0 Å². The Morgan fingerprint density at radius 1 is 0.900 bits per heavy atom. The van der Waals surface area contributed by atoms with E-state index < -0.39 is 21.8 Å². The fourth-order valence-electron chi connectivity index (χ4n) is 2.52. The Balaban J connectivity index is 1.66. The van der Waals surface area contributed by atoms with E-state index in [1.165, 1.54) is 30.3 Å². The summed E-state index contributed by atoms with van der Waals surface area (Å²) in [5, 5.41) is 0. The van der Waals surface area contributed by atoms with Gasteiger partial charge in [0.15, 0.2) is 0 Å². The summed E-state index contributed by atoms with van der Waals surface area (Å²) in [6.07, 6.45) is 1.58. The number of hydrogen-bond donors (Lipinski definition) is 4. The van der Waals surface area contributed by atoms with Gasteiger partial charge in [-0.25, -0.2) is 13.1 Å². The topological polar surface area (TPSA) is 120 Å². The third-order valence-electron chi connectivity index (χ3n) is 4.07. The lowest BCUT2D eigenvalue weighted by molar-refractivity contribution is 0.0846. The number of carbonyl (C=O) groups is 2. The summed E-state index contributed by atoms with van der Waals surface area (Å²) in [5.74, 6) is -1.27. The lowest BCUT2D eigenvalue weighted by Gasteiger charge is -2.10. The molecule has 0 saturated heterocycles. The van der Waals surface area contributed by atoms with Gasteiger partial charge in [0.05, 0.1) is 10.5 Å². The first-order chi connectivity index (χ1) is 14.4. The number of nitrogens with one attached hydrogen (secondary N) is 4. The van der Waals surface area contributed by atoms with E-state index in [4.69, 9.17) is 12.2 Å². The molecular weight excluding hydrogens is 424 g/mol. The van der Waals surface area contributed by atoms with Gasteiger partial charge in [0.1, 0.15) is 4.64 Å². The van der Waals surface area contributed by atoms with Crippen molar-refractivity contribution in [1.82, 2.24) is 20.6 Å². The zero-order chi connectivity index (χ0) is 21.6. The van der Waals surface area contributed by atoms with Crippen molar-refractivity contribution in [2.24, 2.45) is 0 Å². The Morgan fingerprint density at radius 3 is 2.37 bits per heavy atom. The van der Waals surface area contributed by atoms with Crippen molar-refractivity contribution in [3.63, 3.8) is 0 Å². The van der Waals surface area contributed by atoms with Gasteiger partial charge in [0.25, 0.3) is 11.8 Å². The Hall–Kier alpha value is -3.34. The van der Waals surface area contributed by atoms with Crippen LogP contribution in [-0.4, -0.2) is 25.2 Å². The predicted molar refractivity (Wildman–Crippen MR) is 113 cm³/mol. The van der Waals surface area contributed by atoms with Gasteiger partial charge in [-0.15, -0.1) is 0 Å². The average molecular weight is 443 g/mol. The molecule has 154 valence electrons. The summed E-state index contributed by atoms with van der Waals surface area (Å²) < 4.78 is 27.8. The van der Waals surface area contributed by atoms with E-state index in [0.717, 1.165) is 5.56 Å². The van der Waals surface area contributed by atoms with Crippen molar-refractivity contribution in [2.45, 2.75) is 11.4 Å². The number of amides is 2. The van der Waals surface area contributed by atoms with Crippen LogP contribution in [0.3, 0.4) is 0 Å². The van der Waals surface area contributed by atoms with Crippen LogP contribution in [-0.2, 0) is 16.6 Å². The van der Waals surface area contributed by atoms with Crippen LogP contribution in [0.2, 0.25) is 0 Å². The quantitative estimate of drug-likeness (QED) is 0.345. The van der Waals surface area contributed by atoms with Crippen LogP contribution in [0.4, 0.5) is 0 Å². The average Bonchev–Trinajstić information content (AvgIpc) is 2.77. The number of H-pyrrole nitrogens is 1. The highest BCUT2D eigenvalue weighted by Crippen LogP contribution is 2.12. The highest BCUT2D eigenvalue weighted by atomic mass is 32.2. The van der Waals surface area contributed by atoms with E-state index in [-0.39, 0.29) is 27.2 Å². The standard InChI is InChI=1S/C20H18N4O4S2/c25-18(23-24-19(26)17-10-5-11-21-20(17)29)15-8-4-9-16(12-15)30(27,28)22-13-14-6-2-1-3-7-14/h1-12,22H,13H2,(H,21,29)(H,23,25)(H,24,26). The Morgan fingerprint density at radius 2 is 1.63 bits per heavy atom. The molecule has 0 saturated carbocycles. The van der Waals surface area contributed by atoms with Crippen LogP contribution in [0.1, 0.15) is 26.3 Å². The monoisotopic (exact) mass is 442 g/mol. The number of hydrogen-bond acceptors (Lipinski definition) is 5. The number of sulfonamides is 1. The number of pyridine rings is 1. The van der Waals surface area contributed by atoms with E-state index in [2.05, 4.69) is 20.6 Å². The summed E-state index contributed by atoms with van der Waals surface area (Å²) in [6, 6.07) is 17.7. The van der Waals surface area contributed by atoms with Crippen LogP contribution < -0.4 is 15.6 Å². The third kappa shape index (κ3) is 5.38. The van der Waals surface area contributed by atoms with E-state index >= 15 is 0 Å². The first-order valence-electron chi connectivity index (χ1n) is 8.79. The second-order valence-corrected chi connectivity index (χ2v) is 8.33. The number of aromatic amines is 1. The molecule has 30 heavy (non-hydrogen) atoms. The molecule has 10 heteroatoms. The van der Waals surface area contributed by atoms with Gasteiger partial charge in [-0.05, 0) is 35.9 Å². The molecule has 3 rings (SSSR count). The molecule has 0 aliphatic heterocycles. The minimum atomic E-state index is -3.83. The first-order valence-corrected chi connectivity index (χ1v) is 10.7. The van der Waals surface area contributed by atoms with Gasteiger partial charge in [-0.2, -0.15) is 0 Å². The van der Waals surface area contributed by atoms with Gasteiger partial charge in [-0.3, -0.25) is 20.4 Å². The van der Waals surface area contributed by atoms with Gasteiger partial charge < -0.3 is 4.98 Å². The maximum absolute atomic E-state index is 12.5. The summed E-state index contributed by atoms with van der Waals surface area (Å²) in [7, 11) is -3.83. The summed E-state index contributed by atoms with van der Waals surface area (Å²) in [6.45, 7) is 0.118. The highest BCUT2D eigenvalue weighted by molar-refractivity contribution is 7.89. The van der Waals surface area contributed by atoms with Gasteiger partial charge in [0.2, 0.25) is 10.0 Å². The predicted octanol–water partition coefficient (Wildman–Crippen LogP) is 2.30. The zero-order valence-electron chi connectivity index (χ0n) is 15.6. The smallest absolute Gasteiger partial charge is 0.272 e. The molecule has 0 fully saturated rings. The molecule has 0 aliphatic carbocycles. The lowest BCUT2D eigenvalue weighted by Crippen LogP contribution is -2.41. The highest BCUT2D eigenvalue weighted by Gasteiger charge is 2.17. The fourth-order valence-corrected chi connectivity index (χ4v) is 3.81. The normalized spacial score (nSPS) is 10.9. The van der Waals surface area contributed by atoms with Crippen LogP contribution in [0.15, 0.2) is 77.8 Å². The van der Waals surface area contributed by atoms with Crippen molar-refractivity contribution in [3.8, 4) is 0 Å². The van der Waals surface area contributed by atoms with Crippen LogP contribution in [0.5, 0.6) is 0 Å². The lowest BCUT2D eigenvalue weighted by atomic mass is 10.2. The van der Waals surface area contributed by atoms with Crippen molar-refractivity contribution in [1.29, 1.82) is 0 Å². The van der Waals surface area contributed by atoms with Crippen LogP contribution in [0.25, 0.3) is 0 Å². The molecule has 0 atom stereocenters. The van der Waals surface area contributed by atoms with E-state index in [1.807, 2.05) is 18.2 Å². The third-order valence-corrected chi connectivity index (χ3v) is 5.80. The maximum Gasteiger partial charge on any atom is 0.272 e. The summed E-state index contributed by atoms with van der Waals surface area (Å²) in [4.78, 5) is 27.1. The fraction of sp³-hybridized carbons (Fsp3) is 0.0500. The van der Waals surface area contributed by atoms with E-state index in [1.54, 1.807) is 24.4 Å². The Kier molecular flexibility index (Phi) is 6.72.